The number of hydrogen-bond acceptors (Lipinski definition) is 6. The van der Waals surface area contributed by atoms with Crippen molar-refractivity contribution >= 4 is 40.6 Å². The summed E-state index contributed by atoms with van der Waals surface area (Å²) in [6.45, 7) is 7.72. The van der Waals surface area contributed by atoms with Gasteiger partial charge in [0, 0.05) is 59.3 Å². The molecule has 0 saturated heterocycles. The molecule has 0 spiro atoms. The average Bonchev–Trinajstić information content (AvgIpc) is 3.71. The van der Waals surface area contributed by atoms with E-state index in [4.69, 9.17) is 4.99 Å². The van der Waals surface area contributed by atoms with Crippen molar-refractivity contribution in [2.75, 3.05) is 5.32 Å². The molecule has 0 aliphatic carbocycles. The molecule has 0 aliphatic rings. The number of anilines is 2. The zero-order chi connectivity index (χ0) is 25.9. The third-order valence-corrected chi connectivity index (χ3v) is 6.07. The fraction of sp³-hybridized carbons (Fsp3) is 0. The van der Waals surface area contributed by atoms with Crippen LogP contribution in [0.5, 0.6) is 0 Å². The maximum absolute atomic E-state index is 4.79. The average molecular weight is 498 g/mol. The van der Waals surface area contributed by atoms with Gasteiger partial charge in [-0.05, 0) is 35.4 Å². The Morgan fingerprint density at radius 1 is 0.789 bits per heavy atom. The zero-order valence-corrected chi connectivity index (χ0v) is 20.4. The van der Waals surface area contributed by atoms with Crippen LogP contribution in [-0.4, -0.2) is 34.1 Å². The molecule has 2 aromatic carbocycles. The molecule has 38 heavy (non-hydrogen) atoms. The molecule has 4 heterocycles. The second-order valence-electron chi connectivity index (χ2n) is 8.38. The van der Waals surface area contributed by atoms with Crippen molar-refractivity contribution in [1.29, 1.82) is 0 Å². The molecule has 0 atom stereocenters. The summed E-state index contributed by atoms with van der Waals surface area (Å²) in [5.41, 5.74) is 4.39. The molecule has 6 aromatic rings. The van der Waals surface area contributed by atoms with Crippen LogP contribution >= 0.6 is 0 Å². The van der Waals surface area contributed by atoms with E-state index in [1.54, 1.807) is 18.5 Å². The van der Waals surface area contributed by atoms with Crippen LogP contribution in [0.15, 0.2) is 110 Å². The van der Waals surface area contributed by atoms with E-state index in [9.17, 15) is 0 Å². The van der Waals surface area contributed by atoms with Crippen molar-refractivity contribution in [1.82, 2.24) is 34.1 Å². The van der Waals surface area contributed by atoms with Gasteiger partial charge in [0.05, 0.1) is 0 Å². The van der Waals surface area contributed by atoms with E-state index in [0.717, 1.165) is 33.3 Å². The van der Waals surface area contributed by atoms with Gasteiger partial charge in [-0.1, -0.05) is 49.6 Å². The summed E-state index contributed by atoms with van der Waals surface area (Å²) < 4.78 is 3.86. The summed E-state index contributed by atoms with van der Waals surface area (Å²) in [5, 5.41) is 4.95. The van der Waals surface area contributed by atoms with Crippen LogP contribution in [0.1, 0.15) is 11.1 Å². The third-order valence-electron chi connectivity index (χ3n) is 6.07. The highest BCUT2D eigenvalue weighted by Crippen LogP contribution is 2.24. The molecule has 0 aliphatic heterocycles. The summed E-state index contributed by atoms with van der Waals surface area (Å²) in [6, 6.07) is 16.0. The lowest BCUT2D eigenvalue weighted by atomic mass is 10.2. The number of fused-ring (bicyclic) bond motifs is 1. The molecule has 0 fully saturated rings. The zero-order valence-electron chi connectivity index (χ0n) is 20.4. The predicted molar refractivity (Wildman–Crippen MR) is 150 cm³/mol. The van der Waals surface area contributed by atoms with Gasteiger partial charge in [0.15, 0.2) is 5.49 Å². The smallest absolute Gasteiger partial charge is 0.236 e. The van der Waals surface area contributed by atoms with Crippen molar-refractivity contribution in [3.63, 3.8) is 0 Å². The van der Waals surface area contributed by atoms with E-state index in [0.29, 0.717) is 23.2 Å². The van der Waals surface area contributed by atoms with Crippen LogP contribution in [0, 0.1) is 0 Å². The highest BCUT2D eigenvalue weighted by atomic mass is 15.2. The van der Waals surface area contributed by atoms with E-state index in [1.807, 2.05) is 88.5 Å². The Balaban J connectivity index is 1.42. The molecule has 0 radical (unpaired) electrons. The Kier molecular flexibility index (Phi) is 5.91. The monoisotopic (exact) mass is 497 g/mol. The molecule has 4 aromatic heterocycles. The fourth-order valence-electron chi connectivity index (χ4n) is 4.20. The van der Waals surface area contributed by atoms with E-state index < -0.39 is 0 Å². The first-order valence-corrected chi connectivity index (χ1v) is 11.9. The fourth-order valence-corrected chi connectivity index (χ4v) is 4.20. The van der Waals surface area contributed by atoms with Gasteiger partial charge in [-0.2, -0.15) is 4.99 Å². The molecule has 0 unspecified atom stereocenters. The topological polar surface area (TPSA) is 102 Å². The van der Waals surface area contributed by atoms with Crippen LogP contribution < -0.4 is 10.8 Å². The predicted octanol–water partition coefficient (Wildman–Crippen LogP) is 5.59. The maximum Gasteiger partial charge on any atom is 0.236 e. The van der Waals surface area contributed by atoms with Crippen LogP contribution in [0.4, 0.5) is 17.7 Å². The van der Waals surface area contributed by atoms with Crippen LogP contribution in [0.25, 0.3) is 34.3 Å². The highest BCUT2D eigenvalue weighted by Gasteiger charge is 2.11. The molecule has 2 N–H and O–H groups in total. The first kappa shape index (κ1) is 22.9. The van der Waals surface area contributed by atoms with Gasteiger partial charge in [-0.3, -0.25) is 9.13 Å². The number of aromatic amines is 1. The Hall–Kier alpha value is -5.57. The normalized spacial score (nSPS) is 11.5. The lowest BCUT2D eigenvalue weighted by Crippen LogP contribution is -2.05. The van der Waals surface area contributed by atoms with Crippen LogP contribution in [0.3, 0.4) is 0 Å². The molecule has 9 nitrogen and oxygen atoms in total. The van der Waals surface area contributed by atoms with Gasteiger partial charge in [0.25, 0.3) is 0 Å². The number of nitrogens with one attached hydrogen (secondary N) is 2. The molecule has 0 bridgehead atoms. The summed E-state index contributed by atoms with van der Waals surface area (Å²) in [6.07, 6.45) is 16.0. The summed E-state index contributed by atoms with van der Waals surface area (Å²) in [7, 11) is 0. The van der Waals surface area contributed by atoms with Crippen molar-refractivity contribution in [3.8, 4) is 11.4 Å². The number of nitrogens with zero attached hydrogens (tertiary/aromatic N) is 7. The first-order chi connectivity index (χ1) is 18.7. The number of imidazole rings is 2. The van der Waals surface area contributed by atoms with Crippen molar-refractivity contribution < 1.29 is 0 Å². The van der Waals surface area contributed by atoms with Gasteiger partial charge >= 0.3 is 0 Å². The second kappa shape index (κ2) is 9.82. The van der Waals surface area contributed by atoms with Gasteiger partial charge in [-0.15, -0.1) is 0 Å². The van der Waals surface area contributed by atoms with Gasteiger partial charge in [0.1, 0.15) is 12.1 Å². The van der Waals surface area contributed by atoms with Crippen molar-refractivity contribution in [2.45, 2.75) is 0 Å². The molecule has 9 heteroatoms. The lowest BCUT2D eigenvalue weighted by molar-refractivity contribution is 1.01. The van der Waals surface area contributed by atoms with E-state index in [-0.39, 0.29) is 0 Å². The van der Waals surface area contributed by atoms with E-state index in [1.165, 1.54) is 6.33 Å². The Morgan fingerprint density at radius 3 is 2.24 bits per heavy atom. The van der Waals surface area contributed by atoms with E-state index in [2.05, 4.69) is 43.4 Å². The van der Waals surface area contributed by atoms with Crippen molar-refractivity contribution in [2.24, 2.45) is 4.99 Å². The number of aromatic nitrogens is 7. The van der Waals surface area contributed by atoms with Gasteiger partial charge in [-0.25, -0.2) is 19.9 Å². The molecule has 0 saturated carbocycles. The number of H-pyrrole nitrogens is 1. The SMILES string of the molecule is C=Cc1cccc(-n2ccnc2/N=c2\ncnc(Nc3nccn3-c3cccc(C=C)c3)c3c[nH]cc23)c1. The van der Waals surface area contributed by atoms with Crippen LogP contribution in [-0.2, 0) is 0 Å². The second-order valence-corrected chi connectivity index (χ2v) is 8.38. The maximum atomic E-state index is 4.79. The van der Waals surface area contributed by atoms with Crippen molar-refractivity contribution in [3.05, 3.63) is 122 Å². The molecule has 0 amide bonds. The standard InChI is InChI=1S/C29H23N9/c1-3-20-7-5-9-22(15-20)37-13-11-31-28(37)35-26-24-17-30-18-25(24)27(34-19-33-26)36-29-32-12-14-38(29)23-10-6-8-21(4-2)16-23/h3-19,30H,1-2H2,(H,31,32,33,34,35,36). The quantitative estimate of drug-likeness (QED) is 0.299. The van der Waals surface area contributed by atoms with Crippen LogP contribution in [0.2, 0.25) is 0 Å². The van der Waals surface area contributed by atoms with Gasteiger partial charge in [0.2, 0.25) is 11.9 Å². The number of rotatable bonds is 7. The molecular weight excluding hydrogens is 474 g/mol. The summed E-state index contributed by atoms with van der Waals surface area (Å²) >= 11 is 0. The molecule has 184 valence electrons. The minimum Gasteiger partial charge on any atom is -0.366 e. The summed E-state index contributed by atoms with van der Waals surface area (Å²) in [4.78, 5) is 26.0. The Bertz CT molecular complexity index is 1860. The number of hydrogen-bond donors (Lipinski definition) is 2. The van der Waals surface area contributed by atoms with Gasteiger partial charge < -0.3 is 10.3 Å². The minimum atomic E-state index is 0.483. The third kappa shape index (κ3) is 4.28. The Labute approximate surface area is 218 Å². The number of benzene rings is 2. The highest BCUT2D eigenvalue weighted by molar-refractivity contribution is 5.91. The lowest BCUT2D eigenvalue weighted by Gasteiger charge is -2.10. The van der Waals surface area contributed by atoms with E-state index >= 15 is 0 Å². The minimum absolute atomic E-state index is 0.483. The summed E-state index contributed by atoms with van der Waals surface area (Å²) in [5.74, 6) is 1.70. The first-order valence-electron chi connectivity index (χ1n) is 11.9. The largest absolute Gasteiger partial charge is 0.366 e. The Morgan fingerprint density at radius 2 is 1.47 bits per heavy atom. The molecular formula is C29H23N9. The molecule has 6 rings (SSSR count).